The Hall–Kier alpha value is -0.690. The maximum absolute atomic E-state index is 11.4. The molecule has 1 aromatic heterocycles. The molecular weight excluding hydrogens is 318 g/mol. The first kappa shape index (κ1) is 15.4. The van der Waals surface area contributed by atoms with Crippen molar-refractivity contribution in [3.05, 3.63) is 26.9 Å². The number of amides is 1. The highest BCUT2D eigenvalue weighted by atomic mass is 79.9. The van der Waals surface area contributed by atoms with Gasteiger partial charge >= 0.3 is 0 Å². The van der Waals surface area contributed by atoms with Crippen LogP contribution < -0.4 is 5.32 Å². The lowest BCUT2D eigenvalue weighted by Crippen LogP contribution is -2.23. The molecule has 0 aliphatic heterocycles. The van der Waals surface area contributed by atoms with E-state index < -0.39 is 0 Å². The van der Waals surface area contributed by atoms with Crippen LogP contribution in [0.1, 0.15) is 11.3 Å². The van der Waals surface area contributed by atoms with Gasteiger partial charge in [0.1, 0.15) is 0 Å². The Bertz CT molecular complexity index is 392. The van der Waals surface area contributed by atoms with Crippen LogP contribution in [-0.2, 0) is 9.53 Å². The molecule has 18 heavy (non-hydrogen) atoms. The molecule has 1 aromatic rings. The fourth-order valence-electron chi connectivity index (χ4n) is 1.19. The van der Waals surface area contributed by atoms with Crippen LogP contribution in [-0.4, -0.2) is 37.4 Å². The van der Waals surface area contributed by atoms with E-state index in [1.54, 1.807) is 17.4 Å². The summed E-state index contributed by atoms with van der Waals surface area (Å²) in [6.45, 7) is 1.50. The number of nitrogens with one attached hydrogen (secondary N) is 1. The van der Waals surface area contributed by atoms with Gasteiger partial charge in [-0.1, -0.05) is 0 Å². The number of ether oxygens (including phenoxy) is 1. The van der Waals surface area contributed by atoms with Gasteiger partial charge in [0.2, 0.25) is 5.91 Å². The van der Waals surface area contributed by atoms with Crippen molar-refractivity contribution in [1.82, 2.24) is 5.32 Å². The maximum atomic E-state index is 11.4. The number of carbonyl (C=O) groups is 1. The van der Waals surface area contributed by atoms with E-state index in [0.29, 0.717) is 19.8 Å². The van der Waals surface area contributed by atoms with Crippen molar-refractivity contribution in [1.29, 1.82) is 0 Å². The Balaban J connectivity index is 2.12. The van der Waals surface area contributed by atoms with Crippen molar-refractivity contribution in [2.45, 2.75) is 6.42 Å². The van der Waals surface area contributed by atoms with Gasteiger partial charge in [-0.05, 0) is 40.6 Å². The van der Waals surface area contributed by atoms with E-state index in [-0.39, 0.29) is 12.5 Å². The summed E-state index contributed by atoms with van der Waals surface area (Å²) in [4.78, 5) is 12.5. The third-order valence-corrected chi connectivity index (χ3v) is 3.58. The Kier molecular flexibility index (Phi) is 7.91. The summed E-state index contributed by atoms with van der Waals surface area (Å²) >= 11 is 4.94. The Morgan fingerprint density at radius 2 is 2.33 bits per heavy atom. The molecule has 1 heterocycles. The first-order chi connectivity index (χ1) is 8.72. The number of thiophene rings is 1. The first-order valence-electron chi connectivity index (χ1n) is 5.62. The Labute approximate surface area is 119 Å². The molecule has 0 saturated heterocycles. The molecule has 0 unspecified atom stereocenters. The topological polar surface area (TPSA) is 58.6 Å². The molecule has 0 saturated carbocycles. The average Bonchev–Trinajstić information content (AvgIpc) is 2.77. The zero-order chi connectivity index (χ0) is 13.2. The molecule has 0 fully saturated rings. The van der Waals surface area contributed by atoms with E-state index in [9.17, 15) is 4.79 Å². The van der Waals surface area contributed by atoms with Gasteiger partial charge in [-0.25, -0.2) is 0 Å². The molecule has 0 bridgehead atoms. The number of halogens is 1. The lowest BCUT2D eigenvalue weighted by atomic mass is 10.4. The predicted molar refractivity (Wildman–Crippen MR) is 76.6 cm³/mol. The second kappa shape index (κ2) is 9.27. The summed E-state index contributed by atoms with van der Waals surface area (Å²) in [7, 11) is 0. The molecule has 0 atom stereocenters. The zero-order valence-corrected chi connectivity index (χ0v) is 12.3. The largest absolute Gasteiger partial charge is 0.394 e. The standard InChI is InChI=1S/C12H16BrNO3S/c13-11-4-2-10(18-11)3-5-12(16)14-6-1-8-17-9-7-15/h2-5,15H,1,6-9H2,(H,14,16)/b5-3+. The molecule has 0 spiro atoms. The average molecular weight is 334 g/mol. The highest BCUT2D eigenvalue weighted by Crippen LogP contribution is 2.22. The number of hydrogen-bond donors (Lipinski definition) is 2. The van der Waals surface area contributed by atoms with Crippen LogP contribution in [0.4, 0.5) is 0 Å². The van der Waals surface area contributed by atoms with Gasteiger partial charge in [0.25, 0.3) is 0 Å². The van der Waals surface area contributed by atoms with Gasteiger partial charge in [0.05, 0.1) is 17.0 Å². The predicted octanol–water partition coefficient (Wildman–Crippen LogP) is 2.04. The van der Waals surface area contributed by atoms with Crippen molar-refractivity contribution in [2.24, 2.45) is 0 Å². The third kappa shape index (κ3) is 6.90. The molecule has 100 valence electrons. The van der Waals surface area contributed by atoms with Gasteiger partial charge < -0.3 is 15.2 Å². The molecule has 0 aromatic carbocycles. The number of aliphatic hydroxyl groups excluding tert-OH is 1. The molecule has 0 aliphatic rings. The van der Waals surface area contributed by atoms with E-state index in [2.05, 4.69) is 21.2 Å². The maximum Gasteiger partial charge on any atom is 0.244 e. The molecular formula is C12H16BrNO3S. The number of carbonyl (C=O) groups excluding carboxylic acids is 1. The normalized spacial score (nSPS) is 11.0. The van der Waals surface area contributed by atoms with Crippen LogP contribution >= 0.6 is 27.3 Å². The van der Waals surface area contributed by atoms with Gasteiger partial charge in [-0.3, -0.25) is 4.79 Å². The SMILES string of the molecule is O=C(/C=C/c1ccc(Br)s1)NCCCOCCO. The van der Waals surface area contributed by atoms with Crippen LogP contribution in [0.15, 0.2) is 22.0 Å². The first-order valence-corrected chi connectivity index (χ1v) is 7.23. The van der Waals surface area contributed by atoms with Gasteiger partial charge in [0.15, 0.2) is 0 Å². The lowest BCUT2D eigenvalue weighted by Gasteiger charge is -2.02. The second-order valence-corrected chi connectivity index (χ2v) is 5.95. The van der Waals surface area contributed by atoms with Crippen molar-refractivity contribution in [3.8, 4) is 0 Å². The summed E-state index contributed by atoms with van der Waals surface area (Å²) in [5.41, 5.74) is 0. The molecule has 0 radical (unpaired) electrons. The molecule has 1 rings (SSSR count). The van der Waals surface area contributed by atoms with Crippen molar-refractivity contribution in [3.63, 3.8) is 0 Å². The van der Waals surface area contributed by atoms with E-state index in [1.807, 2.05) is 12.1 Å². The van der Waals surface area contributed by atoms with Crippen LogP contribution in [0.2, 0.25) is 0 Å². The van der Waals surface area contributed by atoms with E-state index >= 15 is 0 Å². The third-order valence-electron chi connectivity index (χ3n) is 1.99. The van der Waals surface area contributed by atoms with E-state index in [4.69, 9.17) is 9.84 Å². The smallest absolute Gasteiger partial charge is 0.244 e. The Morgan fingerprint density at radius 3 is 3.00 bits per heavy atom. The van der Waals surface area contributed by atoms with Gasteiger partial charge in [0, 0.05) is 24.1 Å². The number of rotatable bonds is 8. The second-order valence-electron chi connectivity index (χ2n) is 3.46. The summed E-state index contributed by atoms with van der Waals surface area (Å²) in [6.07, 6.45) is 4.05. The van der Waals surface area contributed by atoms with Crippen LogP contribution in [0, 0.1) is 0 Å². The van der Waals surface area contributed by atoms with Crippen molar-refractivity contribution in [2.75, 3.05) is 26.4 Å². The quantitative estimate of drug-likeness (QED) is 0.565. The molecule has 4 nitrogen and oxygen atoms in total. The van der Waals surface area contributed by atoms with Gasteiger partial charge in [-0.2, -0.15) is 0 Å². The lowest BCUT2D eigenvalue weighted by molar-refractivity contribution is -0.116. The van der Waals surface area contributed by atoms with Crippen LogP contribution in [0.3, 0.4) is 0 Å². The summed E-state index contributed by atoms with van der Waals surface area (Å²) in [5, 5.41) is 11.2. The molecule has 6 heteroatoms. The summed E-state index contributed by atoms with van der Waals surface area (Å²) in [5.74, 6) is -0.110. The van der Waals surface area contributed by atoms with E-state index in [0.717, 1.165) is 15.1 Å². The molecule has 2 N–H and O–H groups in total. The minimum atomic E-state index is -0.110. The summed E-state index contributed by atoms with van der Waals surface area (Å²) in [6, 6.07) is 3.89. The minimum absolute atomic E-state index is 0.0332. The minimum Gasteiger partial charge on any atom is -0.394 e. The number of aliphatic hydroxyl groups is 1. The highest BCUT2D eigenvalue weighted by Gasteiger charge is 1.96. The van der Waals surface area contributed by atoms with E-state index in [1.165, 1.54) is 6.08 Å². The highest BCUT2D eigenvalue weighted by molar-refractivity contribution is 9.11. The fourth-order valence-corrected chi connectivity index (χ4v) is 2.51. The fraction of sp³-hybridized carbons (Fsp3) is 0.417. The Morgan fingerprint density at radius 1 is 1.50 bits per heavy atom. The molecule has 1 amide bonds. The molecule has 0 aliphatic carbocycles. The van der Waals surface area contributed by atoms with Crippen molar-refractivity contribution >= 4 is 39.2 Å². The monoisotopic (exact) mass is 333 g/mol. The summed E-state index contributed by atoms with van der Waals surface area (Å²) < 4.78 is 6.12. The zero-order valence-electron chi connectivity index (χ0n) is 9.89. The number of hydrogen-bond acceptors (Lipinski definition) is 4. The van der Waals surface area contributed by atoms with Crippen LogP contribution in [0.25, 0.3) is 6.08 Å². The van der Waals surface area contributed by atoms with Gasteiger partial charge in [-0.15, -0.1) is 11.3 Å². The van der Waals surface area contributed by atoms with Crippen LogP contribution in [0.5, 0.6) is 0 Å². The van der Waals surface area contributed by atoms with Crippen molar-refractivity contribution < 1.29 is 14.6 Å².